The fourth-order valence-electron chi connectivity index (χ4n) is 3.20. The van der Waals surface area contributed by atoms with Crippen LogP contribution in [0.5, 0.6) is 0 Å². The zero-order valence-electron chi connectivity index (χ0n) is 15.7. The second kappa shape index (κ2) is 8.45. The Labute approximate surface area is 185 Å². The van der Waals surface area contributed by atoms with Crippen LogP contribution in [0.3, 0.4) is 0 Å². The van der Waals surface area contributed by atoms with Gasteiger partial charge >= 0.3 is 0 Å². The second-order valence-electron chi connectivity index (χ2n) is 6.71. The monoisotopic (exact) mass is 459 g/mol. The van der Waals surface area contributed by atoms with Crippen molar-refractivity contribution in [2.45, 2.75) is 6.42 Å². The van der Waals surface area contributed by atoms with Gasteiger partial charge in [0.25, 0.3) is 11.7 Å². The maximum absolute atomic E-state index is 13.9. The Bertz CT molecular complexity index is 1300. The van der Waals surface area contributed by atoms with Gasteiger partial charge in [0.05, 0.1) is 26.8 Å². The molecule has 4 aromatic rings. The molecule has 1 N–H and O–H groups in total. The highest BCUT2D eigenvalue weighted by Gasteiger charge is 2.24. The lowest BCUT2D eigenvalue weighted by Gasteiger charge is -2.07. The van der Waals surface area contributed by atoms with Gasteiger partial charge in [-0.25, -0.2) is 8.78 Å². The second-order valence-corrected chi connectivity index (χ2v) is 7.53. The van der Waals surface area contributed by atoms with Crippen molar-refractivity contribution in [2.24, 2.45) is 0 Å². The third kappa shape index (κ3) is 4.28. The molecule has 0 atom stereocenters. The van der Waals surface area contributed by atoms with Crippen molar-refractivity contribution in [3.63, 3.8) is 0 Å². The van der Waals surface area contributed by atoms with E-state index in [-0.39, 0.29) is 32.6 Å². The van der Waals surface area contributed by atoms with Crippen molar-refractivity contribution in [1.29, 1.82) is 0 Å². The predicted octanol–water partition coefficient (Wildman–Crippen LogP) is 5.33. The summed E-state index contributed by atoms with van der Waals surface area (Å²) in [4.78, 5) is 29.3. The van der Waals surface area contributed by atoms with Gasteiger partial charge in [0.1, 0.15) is 11.6 Å². The minimum absolute atomic E-state index is 0.00964. The molecule has 9 heteroatoms. The highest BCUT2D eigenvalue weighted by atomic mass is 35.5. The number of fused-ring (bicyclic) bond motifs is 1. The van der Waals surface area contributed by atoms with Crippen LogP contribution in [-0.2, 0) is 11.2 Å². The Morgan fingerprint density at radius 1 is 0.968 bits per heavy atom. The van der Waals surface area contributed by atoms with Gasteiger partial charge in [0, 0.05) is 30.7 Å². The predicted molar refractivity (Wildman–Crippen MR) is 114 cm³/mol. The Morgan fingerprint density at radius 2 is 1.65 bits per heavy atom. The smallest absolute Gasteiger partial charge is 0.296 e. The van der Waals surface area contributed by atoms with E-state index in [1.165, 1.54) is 48.9 Å². The molecule has 0 unspecified atom stereocenters. The first-order valence-electron chi connectivity index (χ1n) is 9.02. The van der Waals surface area contributed by atoms with Gasteiger partial charge in [-0.2, -0.15) is 0 Å². The number of amides is 1. The molecular weight excluding hydrogens is 447 g/mol. The van der Waals surface area contributed by atoms with Crippen LogP contribution in [0.15, 0.2) is 61.1 Å². The van der Waals surface area contributed by atoms with E-state index in [0.29, 0.717) is 12.1 Å². The Kier molecular flexibility index (Phi) is 5.71. The number of hydrogen-bond acceptors (Lipinski definition) is 3. The average Bonchev–Trinajstić information content (AvgIpc) is 3.09. The van der Waals surface area contributed by atoms with Crippen LogP contribution in [0, 0.1) is 11.6 Å². The molecule has 0 spiro atoms. The van der Waals surface area contributed by atoms with Crippen LogP contribution >= 0.6 is 23.2 Å². The molecule has 3 heterocycles. The van der Waals surface area contributed by atoms with Gasteiger partial charge in [-0.15, -0.1) is 0 Å². The molecule has 5 nitrogen and oxygen atoms in total. The van der Waals surface area contributed by atoms with Gasteiger partial charge in [0.2, 0.25) is 0 Å². The standard InChI is InChI=1S/C22H13Cl2F2N3O2/c23-17-10-27-11-18(24)20(17)28-22(31)21(30)16-9-15(7-12-1-3-13(25)4-2-12)29-6-5-14(26)8-19(16)29/h1-6,8-11H,7H2,(H,27,28,31). The number of hydrogen-bond donors (Lipinski definition) is 1. The summed E-state index contributed by atoms with van der Waals surface area (Å²) >= 11 is 12.0. The number of ketones is 1. The van der Waals surface area contributed by atoms with E-state index >= 15 is 0 Å². The number of benzene rings is 1. The molecule has 0 aliphatic carbocycles. The minimum Gasteiger partial charge on any atom is -0.320 e. The van der Waals surface area contributed by atoms with E-state index in [1.54, 1.807) is 16.5 Å². The quantitative estimate of drug-likeness (QED) is 0.324. The summed E-state index contributed by atoms with van der Waals surface area (Å²) in [5, 5.41) is 2.52. The van der Waals surface area contributed by atoms with Crippen molar-refractivity contribution >= 4 is 46.1 Å². The first-order valence-corrected chi connectivity index (χ1v) is 9.77. The van der Waals surface area contributed by atoms with Gasteiger partial charge in [-0.1, -0.05) is 35.3 Å². The lowest BCUT2D eigenvalue weighted by atomic mass is 10.1. The number of aromatic nitrogens is 2. The molecular formula is C22H13Cl2F2N3O2. The van der Waals surface area contributed by atoms with Crippen molar-refractivity contribution < 1.29 is 18.4 Å². The van der Waals surface area contributed by atoms with Gasteiger partial charge in [0.15, 0.2) is 0 Å². The fraction of sp³-hybridized carbons (Fsp3) is 0.0455. The molecule has 0 bridgehead atoms. The van der Waals surface area contributed by atoms with Crippen LogP contribution in [0.4, 0.5) is 14.5 Å². The summed E-state index contributed by atoms with van der Waals surface area (Å²) in [5.41, 5.74) is 1.69. The molecule has 4 rings (SSSR count). The topological polar surface area (TPSA) is 63.5 Å². The van der Waals surface area contributed by atoms with Gasteiger partial charge in [-0.3, -0.25) is 14.6 Å². The maximum Gasteiger partial charge on any atom is 0.296 e. The largest absolute Gasteiger partial charge is 0.320 e. The van der Waals surface area contributed by atoms with E-state index in [4.69, 9.17) is 23.2 Å². The zero-order chi connectivity index (χ0) is 22.1. The summed E-state index contributed by atoms with van der Waals surface area (Å²) < 4.78 is 28.7. The molecule has 0 fully saturated rings. The maximum atomic E-state index is 13.9. The lowest BCUT2D eigenvalue weighted by molar-refractivity contribution is -0.112. The number of nitrogens with one attached hydrogen (secondary N) is 1. The molecule has 0 aliphatic rings. The van der Waals surface area contributed by atoms with Crippen LogP contribution in [0.25, 0.3) is 5.52 Å². The number of nitrogens with zero attached hydrogens (tertiary/aromatic N) is 2. The molecule has 31 heavy (non-hydrogen) atoms. The number of pyridine rings is 2. The van der Waals surface area contributed by atoms with E-state index in [1.807, 2.05) is 0 Å². The van der Waals surface area contributed by atoms with Gasteiger partial charge < -0.3 is 9.72 Å². The highest BCUT2D eigenvalue weighted by molar-refractivity contribution is 6.49. The van der Waals surface area contributed by atoms with Crippen molar-refractivity contribution in [1.82, 2.24) is 9.38 Å². The zero-order valence-corrected chi connectivity index (χ0v) is 17.2. The number of Topliss-reactive ketones (excluding diaryl/α,β-unsaturated/α-hetero) is 1. The number of rotatable bonds is 5. The Morgan fingerprint density at radius 3 is 2.32 bits per heavy atom. The third-order valence-electron chi connectivity index (χ3n) is 4.65. The Hall–Kier alpha value is -3.29. The van der Waals surface area contributed by atoms with E-state index in [0.717, 1.165) is 5.56 Å². The molecule has 0 radical (unpaired) electrons. The summed E-state index contributed by atoms with van der Waals surface area (Å²) in [6.45, 7) is 0. The van der Waals surface area contributed by atoms with Crippen molar-refractivity contribution in [3.05, 3.63) is 99.6 Å². The van der Waals surface area contributed by atoms with E-state index in [2.05, 4.69) is 10.3 Å². The highest BCUT2D eigenvalue weighted by Crippen LogP contribution is 2.29. The van der Waals surface area contributed by atoms with Crippen LogP contribution in [0.1, 0.15) is 21.6 Å². The van der Waals surface area contributed by atoms with Gasteiger partial charge in [-0.05, 0) is 35.9 Å². The van der Waals surface area contributed by atoms with E-state index < -0.39 is 17.5 Å². The van der Waals surface area contributed by atoms with Crippen molar-refractivity contribution in [2.75, 3.05) is 5.32 Å². The summed E-state index contributed by atoms with van der Waals surface area (Å²) in [5.74, 6) is -2.81. The number of carbonyl (C=O) groups excluding carboxylic acids is 2. The molecule has 156 valence electrons. The fourth-order valence-corrected chi connectivity index (χ4v) is 3.65. The molecule has 1 aromatic carbocycles. The normalized spacial score (nSPS) is 11.0. The molecule has 3 aromatic heterocycles. The molecule has 0 saturated heterocycles. The summed E-state index contributed by atoms with van der Waals surface area (Å²) in [6, 6.07) is 9.79. The molecule has 0 aliphatic heterocycles. The van der Waals surface area contributed by atoms with E-state index in [9.17, 15) is 18.4 Å². The number of anilines is 1. The first-order chi connectivity index (χ1) is 14.8. The van der Waals surface area contributed by atoms with Crippen molar-refractivity contribution in [3.8, 4) is 0 Å². The molecule has 1 amide bonds. The summed E-state index contributed by atoms with van der Waals surface area (Å²) in [7, 11) is 0. The first kappa shape index (κ1) is 21.0. The van der Waals surface area contributed by atoms with Crippen LogP contribution in [-0.4, -0.2) is 21.1 Å². The lowest BCUT2D eigenvalue weighted by Crippen LogP contribution is -2.23. The summed E-state index contributed by atoms with van der Waals surface area (Å²) in [6.07, 6.45) is 4.35. The number of carbonyl (C=O) groups is 2. The number of halogens is 4. The van der Waals surface area contributed by atoms with Crippen LogP contribution in [0.2, 0.25) is 10.0 Å². The SMILES string of the molecule is O=C(Nc1c(Cl)cncc1Cl)C(=O)c1cc(Cc2ccc(F)cc2)n2ccc(F)cc12. The average molecular weight is 460 g/mol. The molecule has 0 saturated carbocycles. The Balaban J connectivity index is 1.71. The third-order valence-corrected chi connectivity index (χ3v) is 5.23. The van der Waals surface area contributed by atoms with Crippen LogP contribution < -0.4 is 5.32 Å². The minimum atomic E-state index is -0.986.